The molecule has 8 heteroatoms. The number of benzene rings is 1. The Morgan fingerprint density at radius 2 is 1.48 bits per heavy atom. The number of nitrogens with zero attached hydrogens (tertiary/aromatic N) is 2. The van der Waals surface area contributed by atoms with Gasteiger partial charge in [0.25, 0.3) is 0 Å². The fourth-order valence-electron chi connectivity index (χ4n) is 4.42. The third-order valence-corrected chi connectivity index (χ3v) is 5.96. The van der Waals surface area contributed by atoms with Crippen molar-refractivity contribution in [2.75, 3.05) is 47.5 Å². The number of carbonyl (C=O) groups is 2. The topological polar surface area (TPSA) is 77.5 Å². The van der Waals surface area contributed by atoms with Gasteiger partial charge in [0, 0.05) is 31.6 Å². The van der Waals surface area contributed by atoms with E-state index in [0.717, 1.165) is 18.4 Å². The van der Waals surface area contributed by atoms with Crippen LogP contribution in [0.25, 0.3) is 0 Å². The van der Waals surface area contributed by atoms with Crippen LogP contribution in [0.3, 0.4) is 0 Å². The van der Waals surface area contributed by atoms with E-state index in [9.17, 15) is 9.59 Å². The predicted octanol–water partition coefficient (Wildman–Crippen LogP) is 3.11. The first kappa shape index (κ1) is 23.0. The summed E-state index contributed by atoms with van der Waals surface area (Å²) in [4.78, 5) is 29.1. The molecule has 1 aromatic carbocycles. The molecule has 3 rings (SSSR count). The molecule has 0 aromatic heterocycles. The van der Waals surface area contributed by atoms with Crippen molar-refractivity contribution in [1.82, 2.24) is 9.80 Å². The van der Waals surface area contributed by atoms with Gasteiger partial charge in [0.1, 0.15) is 5.60 Å². The van der Waals surface area contributed by atoms with Crippen LogP contribution in [0.15, 0.2) is 12.1 Å². The molecule has 0 saturated carbocycles. The summed E-state index contributed by atoms with van der Waals surface area (Å²) in [5.74, 6) is 1.63. The van der Waals surface area contributed by atoms with Gasteiger partial charge >= 0.3 is 6.09 Å². The van der Waals surface area contributed by atoms with Crippen LogP contribution < -0.4 is 14.2 Å². The molecule has 1 atom stereocenters. The molecule has 2 fully saturated rings. The van der Waals surface area contributed by atoms with Gasteiger partial charge in [0.05, 0.1) is 27.8 Å². The molecule has 0 aliphatic carbocycles. The number of likely N-dealkylation sites (tertiary alicyclic amines) is 2. The molecule has 172 valence electrons. The average Bonchev–Trinajstić information content (AvgIpc) is 3.33. The van der Waals surface area contributed by atoms with E-state index in [2.05, 4.69) is 0 Å². The summed E-state index contributed by atoms with van der Waals surface area (Å²) in [6.45, 7) is 8.28. The highest BCUT2D eigenvalue weighted by Crippen LogP contribution is 2.41. The monoisotopic (exact) mass is 434 g/mol. The summed E-state index contributed by atoms with van der Waals surface area (Å²) in [6.07, 6.45) is 1.77. The van der Waals surface area contributed by atoms with Gasteiger partial charge in [-0.05, 0) is 51.3 Å². The Morgan fingerprint density at radius 3 is 2.00 bits per heavy atom. The van der Waals surface area contributed by atoms with E-state index < -0.39 is 5.60 Å². The van der Waals surface area contributed by atoms with E-state index in [1.165, 1.54) is 0 Å². The lowest BCUT2D eigenvalue weighted by atomic mass is 9.86. The summed E-state index contributed by atoms with van der Waals surface area (Å²) >= 11 is 0. The highest BCUT2D eigenvalue weighted by Gasteiger charge is 2.46. The van der Waals surface area contributed by atoms with Crippen molar-refractivity contribution in [1.29, 1.82) is 0 Å². The number of hydrogen-bond donors (Lipinski definition) is 0. The Labute approximate surface area is 184 Å². The van der Waals surface area contributed by atoms with Gasteiger partial charge in [0.2, 0.25) is 11.7 Å². The van der Waals surface area contributed by atoms with E-state index in [-0.39, 0.29) is 23.8 Å². The van der Waals surface area contributed by atoms with Crippen molar-refractivity contribution in [3.63, 3.8) is 0 Å². The zero-order valence-corrected chi connectivity index (χ0v) is 19.4. The Hall–Kier alpha value is -2.64. The van der Waals surface area contributed by atoms with Crippen LogP contribution >= 0.6 is 0 Å². The van der Waals surface area contributed by atoms with Crippen LogP contribution in [0, 0.1) is 5.41 Å². The minimum Gasteiger partial charge on any atom is -0.493 e. The zero-order valence-electron chi connectivity index (χ0n) is 19.4. The lowest BCUT2D eigenvalue weighted by Crippen LogP contribution is -2.38. The summed E-state index contributed by atoms with van der Waals surface area (Å²) in [6, 6.07) is 3.62. The fraction of sp³-hybridized carbons (Fsp3) is 0.652. The van der Waals surface area contributed by atoms with Gasteiger partial charge in [-0.2, -0.15) is 0 Å². The van der Waals surface area contributed by atoms with Gasteiger partial charge in [-0.25, -0.2) is 4.79 Å². The minimum absolute atomic E-state index is 0.0398. The van der Waals surface area contributed by atoms with Crippen molar-refractivity contribution in [3.8, 4) is 17.2 Å². The van der Waals surface area contributed by atoms with Gasteiger partial charge in [-0.15, -0.1) is 0 Å². The third-order valence-electron chi connectivity index (χ3n) is 5.96. The second-order valence-electron chi connectivity index (χ2n) is 9.43. The molecule has 0 radical (unpaired) electrons. The number of ether oxygens (including phenoxy) is 4. The summed E-state index contributed by atoms with van der Waals surface area (Å²) in [5, 5.41) is 0. The number of methoxy groups -OCH3 is 3. The van der Waals surface area contributed by atoms with E-state index in [4.69, 9.17) is 18.9 Å². The van der Waals surface area contributed by atoms with E-state index in [1.54, 1.807) is 26.2 Å². The molecule has 0 unspecified atom stereocenters. The molecule has 8 nitrogen and oxygen atoms in total. The van der Waals surface area contributed by atoms with Gasteiger partial charge in [-0.3, -0.25) is 4.79 Å². The second kappa shape index (κ2) is 8.85. The summed E-state index contributed by atoms with van der Waals surface area (Å²) in [5.41, 5.74) is 0.259. The summed E-state index contributed by atoms with van der Waals surface area (Å²) in [7, 11) is 4.67. The van der Waals surface area contributed by atoms with Gasteiger partial charge in [-0.1, -0.05) is 0 Å². The van der Waals surface area contributed by atoms with Gasteiger partial charge in [0.15, 0.2) is 11.5 Å². The van der Waals surface area contributed by atoms with Crippen molar-refractivity contribution >= 4 is 12.0 Å². The van der Waals surface area contributed by atoms with Crippen molar-refractivity contribution in [3.05, 3.63) is 17.7 Å². The zero-order chi connectivity index (χ0) is 22.8. The molecule has 2 saturated heterocycles. The molecular formula is C23H34N2O6. The predicted molar refractivity (Wildman–Crippen MR) is 116 cm³/mol. The van der Waals surface area contributed by atoms with Crippen LogP contribution in [0.2, 0.25) is 0 Å². The smallest absolute Gasteiger partial charge is 0.410 e. The Kier molecular flexibility index (Phi) is 6.57. The Morgan fingerprint density at radius 1 is 0.935 bits per heavy atom. The Bertz CT molecular complexity index is 809. The highest BCUT2D eigenvalue weighted by atomic mass is 16.6. The fourth-order valence-corrected chi connectivity index (χ4v) is 4.42. The summed E-state index contributed by atoms with van der Waals surface area (Å²) < 4.78 is 21.6. The number of rotatable bonds is 5. The number of amides is 2. The molecule has 2 amide bonds. The maximum absolute atomic E-state index is 13.0. The molecular weight excluding hydrogens is 400 g/mol. The lowest BCUT2D eigenvalue weighted by Gasteiger charge is -2.27. The molecule has 31 heavy (non-hydrogen) atoms. The first-order chi connectivity index (χ1) is 14.6. The van der Waals surface area contributed by atoms with Gasteiger partial charge < -0.3 is 28.7 Å². The first-order valence-electron chi connectivity index (χ1n) is 10.6. The average molecular weight is 435 g/mol. The SMILES string of the molecule is COc1cc(CC(=O)N2CC[C@]3(CCN(C(=O)OC(C)(C)C)C3)C2)cc(OC)c1OC. The maximum Gasteiger partial charge on any atom is 0.410 e. The molecule has 1 spiro atoms. The van der Waals surface area contributed by atoms with Crippen LogP contribution in [-0.4, -0.2) is 74.9 Å². The molecule has 1 aromatic rings. The molecule has 0 bridgehead atoms. The molecule has 0 N–H and O–H groups in total. The van der Waals surface area contributed by atoms with Crippen molar-refractivity contribution in [2.45, 2.75) is 45.6 Å². The van der Waals surface area contributed by atoms with E-state index in [1.807, 2.05) is 37.8 Å². The molecule has 2 aliphatic heterocycles. The molecule has 2 aliphatic rings. The van der Waals surface area contributed by atoms with Crippen LogP contribution in [0.4, 0.5) is 4.79 Å². The molecule has 2 heterocycles. The van der Waals surface area contributed by atoms with Crippen molar-refractivity contribution < 1.29 is 28.5 Å². The van der Waals surface area contributed by atoms with Crippen molar-refractivity contribution in [2.24, 2.45) is 5.41 Å². The lowest BCUT2D eigenvalue weighted by molar-refractivity contribution is -0.129. The van der Waals surface area contributed by atoms with E-state index >= 15 is 0 Å². The largest absolute Gasteiger partial charge is 0.493 e. The van der Waals surface area contributed by atoms with Crippen LogP contribution in [-0.2, 0) is 16.0 Å². The normalized spacial score (nSPS) is 20.8. The quantitative estimate of drug-likeness (QED) is 0.709. The van der Waals surface area contributed by atoms with E-state index in [0.29, 0.717) is 43.4 Å². The number of hydrogen-bond acceptors (Lipinski definition) is 6. The van der Waals surface area contributed by atoms with Crippen LogP contribution in [0.5, 0.6) is 17.2 Å². The minimum atomic E-state index is -0.509. The standard InChI is InChI=1S/C23H34N2O6/c1-22(2,3)31-21(27)25-10-8-23(15-25)7-9-24(14-23)19(26)13-16-11-17(28-4)20(30-6)18(12-16)29-5/h11-12H,7-10,13-15H2,1-6H3/t23-/m0/s1. The Balaban J connectivity index is 1.63. The number of carbonyl (C=O) groups excluding carboxylic acids is 2. The first-order valence-corrected chi connectivity index (χ1v) is 10.6. The maximum atomic E-state index is 13.0. The second-order valence-corrected chi connectivity index (χ2v) is 9.43. The highest BCUT2D eigenvalue weighted by molar-refractivity contribution is 5.80. The third kappa shape index (κ3) is 5.17. The van der Waals surface area contributed by atoms with Crippen LogP contribution in [0.1, 0.15) is 39.2 Å².